The maximum Gasteiger partial charge on any atom is 0.330 e. The summed E-state index contributed by atoms with van der Waals surface area (Å²) in [6.45, 7) is 1.73. The van der Waals surface area contributed by atoms with Crippen LogP contribution in [0.3, 0.4) is 0 Å². The van der Waals surface area contributed by atoms with Crippen LogP contribution in [0.4, 0.5) is 11.5 Å². The molecule has 0 aliphatic rings. The number of methoxy groups -OCH3 is 1. The van der Waals surface area contributed by atoms with E-state index in [1.165, 1.54) is 31.7 Å². The summed E-state index contributed by atoms with van der Waals surface area (Å²) in [6, 6.07) is 8.71. The molecule has 7 heteroatoms. The number of benzene rings is 1. The highest BCUT2D eigenvalue weighted by Gasteiger charge is 2.13. The van der Waals surface area contributed by atoms with Gasteiger partial charge in [0.05, 0.1) is 25.2 Å². The van der Waals surface area contributed by atoms with Crippen LogP contribution in [0.1, 0.15) is 12.6 Å². The lowest BCUT2D eigenvalue weighted by atomic mass is 10.2. The molecule has 1 aromatic carbocycles. The summed E-state index contributed by atoms with van der Waals surface area (Å²) in [6.07, 6.45) is 5.73. The van der Waals surface area contributed by atoms with Crippen molar-refractivity contribution in [3.05, 3.63) is 54.5 Å². The van der Waals surface area contributed by atoms with Gasteiger partial charge in [0.2, 0.25) is 5.91 Å². The number of nitrogens with one attached hydrogen (secondary N) is 2. The Hall–Kier alpha value is -3.22. The molecule has 0 saturated carbocycles. The summed E-state index contributed by atoms with van der Waals surface area (Å²) in [4.78, 5) is 31.4. The van der Waals surface area contributed by atoms with Crippen molar-refractivity contribution >= 4 is 29.5 Å². The lowest BCUT2D eigenvalue weighted by Gasteiger charge is -2.14. The zero-order valence-corrected chi connectivity index (χ0v) is 13.4. The number of amides is 1. The van der Waals surface area contributed by atoms with Crippen LogP contribution in [-0.2, 0) is 14.3 Å². The molecule has 0 unspecified atom stereocenters. The largest absolute Gasteiger partial charge is 0.466 e. The fourth-order valence-corrected chi connectivity index (χ4v) is 1.78. The third-order valence-corrected chi connectivity index (χ3v) is 3.06. The van der Waals surface area contributed by atoms with E-state index in [-0.39, 0.29) is 5.91 Å². The smallest absolute Gasteiger partial charge is 0.330 e. The summed E-state index contributed by atoms with van der Waals surface area (Å²) in [5.41, 5.74) is 1.23. The Morgan fingerprint density at radius 1 is 1.17 bits per heavy atom. The molecule has 1 amide bonds. The van der Waals surface area contributed by atoms with Gasteiger partial charge in [-0.05, 0) is 25.1 Å². The minimum absolute atomic E-state index is 0.183. The Kier molecular flexibility index (Phi) is 6.01. The predicted molar refractivity (Wildman–Crippen MR) is 91.2 cm³/mol. The molecule has 0 fully saturated rings. The Labute approximate surface area is 139 Å². The summed E-state index contributed by atoms with van der Waals surface area (Å²) in [5.74, 6) is -0.191. The number of carbonyl (C=O) groups is 2. The molecule has 0 saturated heterocycles. The van der Waals surface area contributed by atoms with Gasteiger partial charge in [0.15, 0.2) is 0 Å². The van der Waals surface area contributed by atoms with E-state index in [4.69, 9.17) is 0 Å². The number of ether oxygens (including phenoxy) is 1. The van der Waals surface area contributed by atoms with E-state index in [1.807, 2.05) is 30.3 Å². The second kappa shape index (κ2) is 8.42. The molecular weight excluding hydrogens is 308 g/mol. The molecule has 0 aliphatic carbocycles. The van der Waals surface area contributed by atoms with Gasteiger partial charge in [-0.2, -0.15) is 0 Å². The number of hydrogen-bond donors (Lipinski definition) is 2. The molecule has 1 atom stereocenters. The summed E-state index contributed by atoms with van der Waals surface area (Å²) in [5, 5.41) is 5.76. The van der Waals surface area contributed by atoms with E-state index in [0.29, 0.717) is 11.5 Å². The average Bonchev–Trinajstić information content (AvgIpc) is 2.61. The minimum atomic E-state index is -0.490. The van der Waals surface area contributed by atoms with Crippen LogP contribution >= 0.6 is 0 Å². The van der Waals surface area contributed by atoms with Gasteiger partial charge < -0.3 is 15.4 Å². The van der Waals surface area contributed by atoms with E-state index in [1.54, 1.807) is 6.92 Å². The fraction of sp³-hybridized carbons (Fsp3) is 0.176. The Morgan fingerprint density at radius 2 is 1.92 bits per heavy atom. The standard InChI is InChI=1S/C17H18N4O3/c1-12(17(23)21-13-6-4-3-5-7-13)20-15-11-18-14(10-19-15)8-9-16(22)24-2/h3-12H,1-2H3,(H,19,20)(H,21,23)/t12-/m1/s1. The van der Waals surface area contributed by atoms with Crippen LogP contribution in [-0.4, -0.2) is 35.0 Å². The monoisotopic (exact) mass is 326 g/mol. The lowest BCUT2D eigenvalue weighted by Crippen LogP contribution is -2.32. The predicted octanol–water partition coefficient (Wildman–Crippen LogP) is 2.10. The van der Waals surface area contributed by atoms with Gasteiger partial charge >= 0.3 is 5.97 Å². The van der Waals surface area contributed by atoms with Crippen molar-refractivity contribution in [2.75, 3.05) is 17.7 Å². The van der Waals surface area contributed by atoms with Crippen LogP contribution in [0, 0.1) is 0 Å². The number of aromatic nitrogens is 2. The molecule has 24 heavy (non-hydrogen) atoms. The SMILES string of the molecule is COC(=O)C=Cc1cnc(N[C@H](C)C(=O)Nc2ccccc2)cn1. The number of rotatable bonds is 6. The average molecular weight is 326 g/mol. The van der Waals surface area contributed by atoms with Gasteiger partial charge in [-0.15, -0.1) is 0 Å². The molecule has 1 aromatic heterocycles. The van der Waals surface area contributed by atoms with Crippen LogP contribution < -0.4 is 10.6 Å². The number of nitrogens with zero attached hydrogens (tertiary/aromatic N) is 2. The molecule has 0 radical (unpaired) electrons. The molecule has 7 nitrogen and oxygen atoms in total. The highest BCUT2D eigenvalue weighted by molar-refractivity contribution is 5.96. The maximum absolute atomic E-state index is 12.1. The van der Waals surface area contributed by atoms with Crippen molar-refractivity contribution in [3.8, 4) is 0 Å². The van der Waals surface area contributed by atoms with Gasteiger partial charge in [-0.3, -0.25) is 9.78 Å². The van der Waals surface area contributed by atoms with Gasteiger partial charge in [-0.25, -0.2) is 9.78 Å². The number of hydrogen-bond acceptors (Lipinski definition) is 6. The lowest BCUT2D eigenvalue weighted by molar-refractivity contribution is -0.134. The second-order valence-electron chi connectivity index (χ2n) is 4.90. The Balaban J connectivity index is 1.91. The fourth-order valence-electron chi connectivity index (χ4n) is 1.78. The molecule has 2 rings (SSSR count). The highest BCUT2D eigenvalue weighted by atomic mass is 16.5. The maximum atomic E-state index is 12.1. The van der Waals surface area contributed by atoms with E-state index < -0.39 is 12.0 Å². The number of esters is 1. The molecule has 1 heterocycles. The second-order valence-corrected chi connectivity index (χ2v) is 4.90. The van der Waals surface area contributed by atoms with Crippen LogP contribution in [0.25, 0.3) is 6.08 Å². The van der Waals surface area contributed by atoms with Gasteiger partial charge in [0, 0.05) is 11.8 Å². The molecular formula is C17H18N4O3. The molecule has 2 N–H and O–H groups in total. The minimum Gasteiger partial charge on any atom is -0.466 e. The Bertz CT molecular complexity index is 714. The summed E-state index contributed by atoms with van der Waals surface area (Å²) < 4.78 is 4.49. The van der Waals surface area contributed by atoms with Crippen molar-refractivity contribution in [1.82, 2.24) is 9.97 Å². The summed E-state index contributed by atoms with van der Waals surface area (Å²) >= 11 is 0. The third kappa shape index (κ3) is 5.20. The number of anilines is 2. The van der Waals surface area contributed by atoms with E-state index in [2.05, 4.69) is 25.3 Å². The Morgan fingerprint density at radius 3 is 2.54 bits per heavy atom. The molecule has 2 aromatic rings. The highest BCUT2D eigenvalue weighted by Crippen LogP contribution is 2.08. The first-order chi connectivity index (χ1) is 11.6. The number of para-hydroxylation sites is 1. The van der Waals surface area contributed by atoms with Crippen LogP contribution in [0.2, 0.25) is 0 Å². The van der Waals surface area contributed by atoms with Gasteiger partial charge in [-0.1, -0.05) is 18.2 Å². The van der Waals surface area contributed by atoms with Crippen LogP contribution in [0.5, 0.6) is 0 Å². The van der Waals surface area contributed by atoms with Crippen molar-refractivity contribution in [2.45, 2.75) is 13.0 Å². The zero-order valence-electron chi connectivity index (χ0n) is 13.4. The van der Waals surface area contributed by atoms with Gasteiger partial charge in [0.25, 0.3) is 0 Å². The number of carbonyl (C=O) groups excluding carboxylic acids is 2. The van der Waals surface area contributed by atoms with E-state index in [0.717, 1.165) is 5.69 Å². The third-order valence-electron chi connectivity index (χ3n) is 3.06. The molecule has 0 bridgehead atoms. The van der Waals surface area contributed by atoms with E-state index >= 15 is 0 Å². The van der Waals surface area contributed by atoms with Crippen molar-refractivity contribution < 1.29 is 14.3 Å². The van der Waals surface area contributed by atoms with E-state index in [9.17, 15) is 9.59 Å². The quantitative estimate of drug-likeness (QED) is 0.624. The summed E-state index contributed by atoms with van der Waals surface area (Å²) in [7, 11) is 1.30. The first kappa shape index (κ1) is 17.1. The first-order valence-corrected chi connectivity index (χ1v) is 7.29. The van der Waals surface area contributed by atoms with Crippen LogP contribution in [0.15, 0.2) is 48.8 Å². The normalized spacial score (nSPS) is 11.8. The first-order valence-electron chi connectivity index (χ1n) is 7.29. The zero-order chi connectivity index (χ0) is 17.4. The van der Waals surface area contributed by atoms with Crippen molar-refractivity contribution in [1.29, 1.82) is 0 Å². The van der Waals surface area contributed by atoms with Crippen molar-refractivity contribution in [2.24, 2.45) is 0 Å². The molecule has 0 spiro atoms. The van der Waals surface area contributed by atoms with Gasteiger partial charge in [0.1, 0.15) is 11.9 Å². The molecule has 0 aliphatic heterocycles. The topological polar surface area (TPSA) is 93.2 Å². The van der Waals surface area contributed by atoms with Crippen molar-refractivity contribution in [3.63, 3.8) is 0 Å². The molecule has 124 valence electrons.